The van der Waals surface area contributed by atoms with Gasteiger partial charge in [0.1, 0.15) is 0 Å². The third-order valence-electron chi connectivity index (χ3n) is 4.29. The van der Waals surface area contributed by atoms with Crippen molar-refractivity contribution in [2.75, 3.05) is 0 Å². The van der Waals surface area contributed by atoms with Gasteiger partial charge < -0.3 is 0 Å². The van der Waals surface area contributed by atoms with E-state index in [-0.39, 0.29) is 10.8 Å². The normalized spacial score (nSPS) is 13.4. The van der Waals surface area contributed by atoms with Crippen LogP contribution in [0.4, 0.5) is 0 Å². The van der Waals surface area contributed by atoms with Gasteiger partial charge in [-0.05, 0) is 60.0 Å². The smallest absolute Gasteiger partial charge is 0.158 e. The number of allylic oxidation sites excluding steroid dienone is 2. The first kappa shape index (κ1) is 20.0. The van der Waals surface area contributed by atoms with Gasteiger partial charge in [-0.2, -0.15) is 22.7 Å². The first-order valence-corrected chi connectivity index (χ1v) is 11.0. The Morgan fingerprint density at radius 2 is 1.38 bits per heavy atom. The maximum Gasteiger partial charge on any atom is 0.239 e. The summed E-state index contributed by atoms with van der Waals surface area (Å²) in [6.45, 7) is 16.3. The molecule has 0 saturated heterocycles. The Kier molecular flexibility index (Phi) is 6.26. The molecule has 0 unspecified atom stereocenters. The van der Waals surface area contributed by atoms with Crippen LogP contribution in [0.5, 0.6) is 0 Å². The lowest BCUT2D eigenvalue weighted by Gasteiger charge is -2.17. The average molecular weight is 423 g/mol. The predicted octanol–water partition coefficient (Wildman–Crippen LogP) is 6.31. The number of halogens is 1. The summed E-state index contributed by atoms with van der Waals surface area (Å²) in [7, 11) is 0. The fourth-order valence-electron chi connectivity index (χ4n) is 2.51. The van der Waals surface area contributed by atoms with Gasteiger partial charge in [0.15, 0.2) is 0 Å². The van der Waals surface area contributed by atoms with E-state index in [4.69, 9.17) is 0 Å². The second-order valence-electron chi connectivity index (χ2n) is 8.55. The van der Waals surface area contributed by atoms with E-state index < -0.39 is 0 Å². The van der Waals surface area contributed by atoms with Gasteiger partial charge in [0, 0.05) is 0 Å². The highest BCUT2D eigenvalue weighted by Gasteiger charge is 2.26. The van der Waals surface area contributed by atoms with Gasteiger partial charge in [0.05, 0.1) is 0 Å². The molecule has 0 amide bonds. The minimum absolute atomic E-state index is 0.215. The molecule has 0 bridgehead atoms. The molecule has 130 valence electrons. The van der Waals surface area contributed by atoms with Crippen LogP contribution in [0.25, 0.3) is 0 Å². The molecule has 0 N–H and O–H groups in total. The van der Waals surface area contributed by atoms with Crippen molar-refractivity contribution in [1.82, 2.24) is 0 Å². The largest absolute Gasteiger partial charge is 0.239 e. The Bertz CT molecular complexity index is 654. The minimum atomic E-state index is 0.215. The van der Waals surface area contributed by atoms with Crippen LogP contribution >= 0.6 is 38.6 Å². The topological polar surface area (TPSA) is 0 Å². The maximum absolute atomic E-state index is 3.59. The Morgan fingerprint density at radius 3 is 1.67 bits per heavy atom. The molecular weight excluding hydrogens is 395 g/mol. The fourth-order valence-corrected chi connectivity index (χ4v) is 5.31. The van der Waals surface area contributed by atoms with Gasteiger partial charge in [-0.25, -0.2) is 0 Å². The first-order chi connectivity index (χ1) is 11.0. The molecular formula is C20H28BBrS2. The zero-order valence-electron chi connectivity index (χ0n) is 15.9. The van der Waals surface area contributed by atoms with Crippen molar-refractivity contribution in [1.29, 1.82) is 0 Å². The molecule has 0 radical (unpaired) electrons. The van der Waals surface area contributed by atoms with Crippen LogP contribution in [0.3, 0.4) is 0 Å². The summed E-state index contributed by atoms with van der Waals surface area (Å²) >= 11 is 7.41. The molecule has 0 saturated carbocycles. The van der Waals surface area contributed by atoms with E-state index in [0.29, 0.717) is 6.71 Å². The molecule has 0 aliphatic heterocycles. The highest BCUT2D eigenvalue weighted by molar-refractivity contribution is 9.11. The second kappa shape index (κ2) is 7.51. The molecule has 2 rings (SSSR count). The summed E-state index contributed by atoms with van der Waals surface area (Å²) in [5.74, 6) is 0. The molecule has 2 aromatic rings. The van der Waals surface area contributed by atoms with Crippen molar-refractivity contribution < 1.29 is 0 Å². The van der Waals surface area contributed by atoms with Gasteiger partial charge in [-0.1, -0.05) is 75.7 Å². The highest BCUT2D eigenvalue weighted by Crippen LogP contribution is 2.26. The van der Waals surface area contributed by atoms with Crippen LogP contribution in [0, 0.1) is 0 Å². The third kappa shape index (κ3) is 5.09. The van der Waals surface area contributed by atoms with E-state index >= 15 is 0 Å². The molecule has 0 nitrogen and oxygen atoms in total. The Morgan fingerprint density at radius 1 is 0.958 bits per heavy atom. The molecule has 0 spiro atoms. The van der Waals surface area contributed by atoms with E-state index in [1.807, 2.05) is 22.7 Å². The van der Waals surface area contributed by atoms with Crippen molar-refractivity contribution in [2.45, 2.75) is 65.6 Å². The SMILES string of the molecule is CC(Br)=CCB(c1cc(C(C)(C)C)cs1)c1cc(C(C)(C)C)cs1. The summed E-state index contributed by atoms with van der Waals surface area (Å²) in [5, 5.41) is 4.68. The molecule has 4 heteroatoms. The summed E-state index contributed by atoms with van der Waals surface area (Å²) in [4.78, 5) is 0. The van der Waals surface area contributed by atoms with Crippen LogP contribution in [0.2, 0.25) is 6.32 Å². The third-order valence-corrected chi connectivity index (χ3v) is 6.71. The highest BCUT2D eigenvalue weighted by atomic mass is 79.9. The minimum Gasteiger partial charge on any atom is -0.158 e. The fraction of sp³-hybridized carbons (Fsp3) is 0.500. The Labute approximate surface area is 164 Å². The standard InChI is InChI=1S/C20H28BBrS2/c1-14(22)8-9-21(17-10-15(12-23-17)19(2,3)4)18-11-16(13-24-18)20(5,6)7/h8,10-13H,9H2,1-7H3. The maximum atomic E-state index is 3.59. The number of thiophene rings is 2. The van der Waals surface area contributed by atoms with Crippen molar-refractivity contribution in [3.05, 3.63) is 44.6 Å². The second-order valence-corrected chi connectivity index (χ2v) is 11.7. The number of hydrogen-bond donors (Lipinski definition) is 0. The lowest BCUT2D eigenvalue weighted by Crippen LogP contribution is -2.38. The van der Waals surface area contributed by atoms with E-state index in [9.17, 15) is 0 Å². The van der Waals surface area contributed by atoms with E-state index in [0.717, 1.165) is 6.32 Å². The quantitative estimate of drug-likeness (QED) is 0.506. The van der Waals surface area contributed by atoms with Gasteiger partial charge in [-0.3, -0.25) is 0 Å². The summed E-state index contributed by atoms with van der Waals surface area (Å²) in [5.41, 5.74) is 3.32. The lowest BCUT2D eigenvalue weighted by molar-refractivity contribution is 0.593. The van der Waals surface area contributed by atoms with Gasteiger partial charge in [0.25, 0.3) is 0 Å². The van der Waals surface area contributed by atoms with E-state index in [1.165, 1.54) is 25.2 Å². The van der Waals surface area contributed by atoms with Gasteiger partial charge in [0.2, 0.25) is 6.71 Å². The zero-order valence-corrected chi connectivity index (χ0v) is 19.1. The van der Waals surface area contributed by atoms with E-state index in [2.05, 4.69) is 93.4 Å². The molecule has 2 heterocycles. The molecule has 24 heavy (non-hydrogen) atoms. The van der Waals surface area contributed by atoms with Gasteiger partial charge >= 0.3 is 0 Å². The predicted molar refractivity (Wildman–Crippen MR) is 119 cm³/mol. The van der Waals surface area contributed by atoms with Crippen molar-refractivity contribution in [3.8, 4) is 0 Å². The van der Waals surface area contributed by atoms with Crippen LogP contribution in [0.1, 0.15) is 59.6 Å². The molecule has 2 aromatic heterocycles. The number of hydrogen-bond acceptors (Lipinski definition) is 2. The van der Waals surface area contributed by atoms with Gasteiger partial charge in [-0.15, -0.1) is 0 Å². The summed E-state index contributed by atoms with van der Waals surface area (Å²) < 4.78 is 4.17. The zero-order chi connectivity index (χ0) is 18.1. The Balaban J connectivity index is 2.40. The van der Waals surface area contributed by atoms with E-state index in [1.54, 1.807) is 0 Å². The molecule has 0 aliphatic carbocycles. The summed E-state index contributed by atoms with van der Waals surface area (Å²) in [6.07, 6.45) is 3.35. The van der Waals surface area contributed by atoms with Crippen molar-refractivity contribution >= 4 is 54.9 Å². The molecule has 0 fully saturated rings. The van der Waals surface area contributed by atoms with Crippen LogP contribution in [-0.4, -0.2) is 6.71 Å². The van der Waals surface area contributed by atoms with Crippen LogP contribution in [0.15, 0.2) is 33.5 Å². The average Bonchev–Trinajstić information content (AvgIpc) is 3.05. The lowest BCUT2D eigenvalue weighted by atomic mass is 9.45. The van der Waals surface area contributed by atoms with Crippen molar-refractivity contribution in [3.63, 3.8) is 0 Å². The molecule has 0 aromatic carbocycles. The first-order valence-electron chi connectivity index (χ1n) is 8.48. The molecule has 0 atom stereocenters. The van der Waals surface area contributed by atoms with Crippen LogP contribution < -0.4 is 9.55 Å². The van der Waals surface area contributed by atoms with Crippen LogP contribution in [-0.2, 0) is 10.8 Å². The summed E-state index contributed by atoms with van der Waals surface area (Å²) in [6, 6.07) is 4.84. The number of rotatable bonds is 4. The molecule has 0 aliphatic rings. The Hall–Kier alpha value is -0.315. The monoisotopic (exact) mass is 422 g/mol. The van der Waals surface area contributed by atoms with Crippen molar-refractivity contribution in [2.24, 2.45) is 0 Å².